The first-order valence-electron chi connectivity index (χ1n) is 9.25. The Morgan fingerprint density at radius 2 is 1.82 bits per heavy atom. The predicted molar refractivity (Wildman–Crippen MR) is 115 cm³/mol. The maximum Gasteiger partial charge on any atom is 0.161 e. The van der Waals surface area contributed by atoms with E-state index in [9.17, 15) is 5.11 Å². The van der Waals surface area contributed by atoms with E-state index in [0.29, 0.717) is 0 Å². The fraction of sp³-hybridized carbons (Fsp3) is 0.130. The molecule has 0 aliphatic carbocycles. The molecule has 140 valence electrons. The number of fused-ring (bicyclic) bond motifs is 1. The molecule has 4 aromatic rings. The Kier molecular flexibility index (Phi) is 5.55. The van der Waals surface area contributed by atoms with E-state index < -0.39 is 0 Å². The number of pyridine rings is 2. The van der Waals surface area contributed by atoms with Crippen molar-refractivity contribution in [1.29, 1.82) is 0 Å². The zero-order valence-corrected chi connectivity index (χ0v) is 16.4. The van der Waals surface area contributed by atoms with Gasteiger partial charge in [0.05, 0.1) is 18.0 Å². The van der Waals surface area contributed by atoms with Crippen molar-refractivity contribution in [3.05, 3.63) is 84.2 Å². The highest BCUT2D eigenvalue weighted by Crippen LogP contribution is 2.36. The summed E-state index contributed by atoms with van der Waals surface area (Å²) in [6.45, 7) is 2.09. The Morgan fingerprint density at radius 1 is 0.964 bits per heavy atom. The first-order valence-corrected chi connectivity index (χ1v) is 10.1. The first kappa shape index (κ1) is 18.5. The largest absolute Gasteiger partial charge is 0.392 e. The van der Waals surface area contributed by atoms with Crippen molar-refractivity contribution in [3.8, 4) is 0 Å². The zero-order valence-electron chi connectivity index (χ0n) is 15.6. The van der Waals surface area contributed by atoms with Gasteiger partial charge in [-0.15, -0.1) is 0 Å². The van der Waals surface area contributed by atoms with Gasteiger partial charge in [-0.25, -0.2) is 9.97 Å². The van der Waals surface area contributed by atoms with E-state index in [4.69, 9.17) is 0 Å². The van der Waals surface area contributed by atoms with Gasteiger partial charge < -0.3 is 10.4 Å². The number of rotatable bonds is 6. The van der Waals surface area contributed by atoms with Gasteiger partial charge in [-0.2, -0.15) is 0 Å². The topological polar surface area (TPSA) is 58.0 Å². The third-order valence-corrected chi connectivity index (χ3v) is 5.57. The minimum absolute atomic E-state index is 0.00344. The van der Waals surface area contributed by atoms with Crippen LogP contribution in [0.5, 0.6) is 0 Å². The predicted octanol–water partition coefficient (Wildman–Crippen LogP) is 5.58. The minimum atomic E-state index is 0.00344. The van der Waals surface area contributed by atoms with E-state index in [0.717, 1.165) is 49.9 Å². The fourth-order valence-electron chi connectivity index (χ4n) is 3.00. The average Bonchev–Trinajstić information content (AvgIpc) is 2.75. The fourth-order valence-corrected chi connectivity index (χ4v) is 3.90. The van der Waals surface area contributed by atoms with Gasteiger partial charge in [0.25, 0.3) is 0 Å². The van der Waals surface area contributed by atoms with E-state index in [-0.39, 0.29) is 6.61 Å². The molecule has 0 aliphatic rings. The van der Waals surface area contributed by atoms with Crippen molar-refractivity contribution < 1.29 is 5.11 Å². The SMILES string of the molecule is CCc1ccc2c(Nc3cc(CO)ccc3Sc3ccccc3)ccnc2n1. The molecule has 5 heteroatoms. The maximum absolute atomic E-state index is 9.58. The standard InChI is InChI=1S/C23H21N3OS/c1-2-17-9-10-19-20(12-13-24-23(19)25-17)26-21-14-16(15-27)8-11-22(21)28-18-6-4-3-5-7-18/h3-14,27H,2,15H2,1H3,(H,24,25,26). The van der Waals surface area contributed by atoms with Crippen LogP contribution in [0.4, 0.5) is 11.4 Å². The van der Waals surface area contributed by atoms with Gasteiger partial charge >= 0.3 is 0 Å². The van der Waals surface area contributed by atoms with Crippen molar-refractivity contribution in [2.24, 2.45) is 0 Å². The van der Waals surface area contributed by atoms with Crippen LogP contribution in [-0.2, 0) is 13.0 Å². The van der Waals surface area contributed by atoms with Crippen molar-refractivity contribution in [1.82, 2.24) is 9.97 Å². The van der Waals surface area contributed by atoms with E-state index in [2.05, 4.69) is 40.4 Å². The van der Waals surface area contributed by atoms with Gasteiger partial charge in [-0.05, 0) is 54.4 Å². The molecule has 2 heterocycles. The molecule has 0 radical (unpaired) electrons. The monoisotopic (exact) mass is 387 g/mol. The van der Waals surface area contributed by atoms with Crippen LogP contribution in [0.3, 0.4) is 0 Å². The lowest BCUT2D eigenvalue weighted by molar-refractivity contribution is 0.282. The van der Waals surface area contributed by atoms with Crippen LogP contribution in [0.2, 0.25) is 0 Å². The summed E-state index contributed by atoms with van der Waals surface area (Å²) in [4.78, 5) is 11.3. The van der Waals surface area contributed by atoms with Crippen molar-refractivity contribution in [2.75, 3.05) is 5.32 Å². The number of nitrogens with zero attached hydrogens (tertiary/aromatic N) is 2. The van der Waals surface area contributed by atoms with E-state index >= 15 is 0 Å². The Morgan fingerprint density at radius 3 is 2.61 bits per heavy atom. The second kappa shape index (κ2) is 8.42. The van der Waals surface area contributed by atoms with Gasteiger partial charge in [0.1, 0.15) is 0 Å². The molecule has 0 bridgehead atoms. The highest BCUT2D eigenvalue weighted by molar-refractivity contribution is 7.99. The Balaban J connectivity index is 1.73. The molecule has 4 rings (SSSR count). The highest BCUT2D eigenvalue weighted by atomic mass is 32.2. The molecule has 2 aromatic heterocycles. The Bertz CT molecular complexity index is 1100. The van der Waals surface area contributed by atoms with E-state index in [1.54, 1.807) is 18.0 Å². The van der Waals surface area contributed by atoms with E-state index in [1.807, 2.05) is 48.5 Å². The molecule has 4 nitrogen and oxygen atoms in total. The Hall–Kier alpha value is -2.89. The lowest BCUT2D eigenvalue weighted by Gasteiger charge is -2.15. The minimum Gasteiger partial charge on any atom is -0.392 e. The van der Waals surface area contributed by atoms with Crippen molar-refractivity contribution in [3.63, 3.8) is 0 Å². The molecular weight excluding hydrogens is 366 g/mol. The number of anilines is 2. The summed E-state index contributed by atoms with van der Waals surface area (Å²) in [5.41, 5.74) is 4.53. The molecule has 0 spiro atoms. The van der Waals surface area contributed by atoms with Crippen LogP contribution in [0.1, 0.15) is 18.2 Å². The molecule has 0 fully saturated rings. The lowest BCUT2D eigenvalue weighted by Crippen LogP contribution is -1.98. The average molecular weight is 388 g/mol. The summed E-state index contributed by atoms with van der Waals surface area (Å²) in [6, 6.07) is 22.3. The smallest absolute Gasteiger partial charge is 0.161 e. The van der Waals surface area contributed by atoms with Crippen LogP contribution in [0.25, 0.3) is 11.0 Å². The maximum atomic E-state index is 9.58. The van der Waals surface area contributed by atoms with Crippen LogP contribution < -0.4 is 5.32 Å². The number of benzene rings is 2. The molecule has 0 amide bonds. The number of aliphatic hydroxyl groups is 1. The molecule has 2 N–H and O–H groups in total. The van der Waals surface area contributed by atoms with Crippen LogP contribution >= 0.6 is 11.8 Å². The number of aromatic nitrogens is 2. The molecule has 0 saturated heterocycles. The highest BCUT2D eigenvalue weighted by Gasteiger charge is 2.10. The number of nitrogens with one attached hydrogen (secondary N) is 1. The van der Waals surface area contributed by atoms with Gasteiger partial charge in [-0.1, -0.05) is 43.0 Å². The second-order valence-corrected chi connectivity index (χ2v) is 7.53. The number of aliphatic hydroxyl groups excluding tert-OH is 1. The number of aryl methyl sites for hydroxylation is 1. The third kappa shape index (κ3) is 4.01. The zero-order chi connectivity index (χ0) is 19.3. The molecule has 0 saturated carbocycles. The molecule has 0 atom stereocenters. The number of hydrogen-bond donors (Lipinski definition) is 2. The summed E-state index contributed by atoms with van der Waals surface area (Å²) in [6.07, 6.45) is 2.66. The van der Waals surface area contributed by atoms with E-state index in [1.165, 1.54) is 0 Å². The second-order valence-electron chi connectivity index (χ2n) is 6.41. The number of hydrogen-bond acceptors (Lipinski definition) is 5. The van der Waals surface area contributed by atoms with Crippen LogP contribution in [-0.4, -0.2) is 15.1 Å². The van der Waals surface area contributed by atoms with Crippen LogP contribution in [0, 0.1) is 0 Å². The summed E-state index contributed by atoms with van der Waals surface area (Å²) < 4.78 is 0. The molecular formula is C23H21N3OS. The van der Waals surface area contributed by atoms with Crippen molar-refractivity contribution in [2.45, 2.75) is 29.7 Å². The van der Waals surface area contributed by atoms with Gasteiger partial charge in [0.2, 0.25) is 0 Å². The molecule has 0 aliphatic heterocycles. The molecule has 2 aromatic carbocycles. The third-order valence-electron chi connectivity index (χ3n) is 4.49. The van der Waals surface area contributed by atoms with Crippen LogP contribution in [0.15, 0.2) is 82.7 Å². The van der Waals surface area contributed by atoms with Crippen molar-refractivity contribution >= 4 is 34.2 Å². The van der Waals surface area contributed by atoms with Gasteiger partial charge in [0.15, 0.2) is 5.65 Å². The lowest BCUT2D eigenvalue weighted by atomic mass is 10.1. The molecule has 0 unspecified atom stereocenters. The normalized spacial score (nSPS) is 10.9. The van der Waals surface area contributed by atoms with Gasteiger partial charge in [-0.3, -0.25) is 0 Å². The summed E-state index contributed by atoms with van der Waals surface area (Å²) >= 11 is 1.69. The quantitative estimate of drug-likeness (QED) is 0.452. The molecule has 28 heavy (non-hydrogen) atoms. The van der Waals surface area contributed by atoms with Gasteiger partial charge in [0, 0.05) is 27.1 Å². The summed E-state index contributed by atoms with van der Waals surface area (Å²) in [5.74, 6) is 0. The summed E-state index contributed by atoms with van der Waals surface area (Å²) in [5, 5.41) is 14.1. The summed E-state index contributed by atoms with van der Waals surface area (Å²) in [7, 11) is 0. The Labute approximate surface area is 168 Å². The first-order chi connectivity index (χ1) is 13.8.